The Balaban J connectivity index is 2.80. The summed E-state index contributed by atoms with van der Waals surface area (Å²) in [6.07, 6.45) is 0.824. The smallest absolute Gasteiger partial charge is 0.133 e. The van der Waals surface area contributed by atoms with E-state index in [1.807, 2.05) is 13.0 Å². The zero-order valence-electron chi connectivity index (χ0n) is 9.62. The molecule has 0 saturated heterocycles. The summed E-state index contributed by atoms with van der Waals surface area (Å²) in [7, 11) is 0. The van der Waals surface area contributed by atoms with Gasteiger partial charge in [-0.1, -0.05) is 39.3 Å². The van der Waals surface area contributed by atoms with Gasteiger partial charge in [-0.05, 0) is 5.92 Å². The molecule has 0 amide bonds. The van der Waals surface area contributed by atoms with E-state index in [-0.39, 0.29) is 0 Å². The second-order valence-corrected chi connectivity index (χ2v) is 5.65. The summed E-state index contributed by atoms with van der Waals surface area (Å²) in [5, 5.41) is 2.06. The molecule has 1 heterocycles. The summed E-state index contributed by atoms with van der Waals surface area (Å²) in [4.78, 5) is 8.59. The molecule has 0 radical (unpaired) electrons. The van der Waals surface area contributed by atoms with Crippen molar-refractivity contribution in [1.29, 1.82) is 0 Å². The molecule has 1 rings (SSSR count). The first-order valence-electron chi connectivity index (χ1n) is 5.23. The van der Waals surface area contributed by atoms with Crippen molar-refractivity contribution in [1.82, 2.24) is 9.97 Å². The minimum atomic E-state index is 0.542. The van der Waals surface area contributed by atoms with Crippen LogP contribution in [0.25, 0.3) is 0 Å². The predicted molar refractivity (Wildman–Crippen MR) is 66.6 cm³/mol. The second kappa shape index (κ2) is 5.71. The maximum Gasteiger partial charge on any atom is 0.133 e. The van der Waals surface area contributed by atoms with Crippen LogP contribution in [0.2, 0.25) is 5.15 Å². The van der Waals surface area contributed by atoms with Crippen LogP contribution in [0, 0.1) is 5.92 Å². The summed E-state index contributed by atoms with van der Waals surface area (Å²) in [6, 6.07) is 1.84. The lowest BCUT2D eigenvalue weighted by molar-refractivity contribution is 0.641. The van der Waals surface area contributed by atoms with Crippen LogP contribution < -0.4 is 0 Å². The van der Waals surface area contributed by atoms with Gasteiger partial charge in [0.1, 0.15) is 16.0 Å². The number of nitrogens with zero attached hydrogens (tertiary/aromatic N) is 2. The minimum absolute atomic E-state index is 0.542. The van der Waals surface area contributed by atoms with Crippen molar-refractivity contribution in [3.8, 4) is 0 Å². The number of rotatable bonds is 4. The molecule has 0 aliphatic rings. The first-order valence-corrected chi connectivity index (χ1v) is 6.48. The fourth-order valence-electron chi connectivity index (χ4n) is 0.987. The Kier molecular flexibility index (Phi) is 4.87. The third kappa shape index (κ3) is 3.99. The summed E-state index contributed by atoms with van der Waals surface area (Å²) in [5.41, 5.74) is 0. The molecular weight excluding hydrogens is 228 g/mol. The highest BCUT2D eigenvalue weighted by molar-refractivity contribution is 7.99. The van der Waals surface area contributed by atoms with Gasteiger partial charge in [0.15, 0.2) is 0 Å². The molecule has 1 atom stereocenters. The molecule has 0 fully saturated rings. The van der Waals surface area contributed by atoms with Crippen LogP contribution in [-0.2, 0) is 6.42 Å². The number of aromatic nitrogens is 2. The zero-order valence-corrected chi connectivity index (χ0v) is 11.2. The van der Waals surface area contributed by atoms with E-state index in [4.69, 9.17) is 11.6 Å². The SMILES string of the molecule is CCc1nc(Cl)cc(SC(C)C(C)C)n1. The van der Waals surface area contributed by atoms with E-state index in [1.54, 1.807) is 11.8 Å². The average molecular weight is 245 g/mol. The van der Waals surface area contributed by atoms with E-state index in [0.717, 1.165) is 17.3 Å². The van der Waals surface area contributed by atoms with Gasteiger partial charge in [0.05, 0.1) is 0 Å². The normalized spacial score (nSPS) is 13.2. The van der Waals surface area contributed by atoms with E-state index >= 15 is 0 Å². The molecule has 0 bridgehead atoms. The standard InChI is InChI=1S/C11H17ClN2S/c1-5-10-13-9(12)6-11(14-10)15-8(4)7(2)3/h6-8H,5H2,1-4H3. The van der Waals surface area contributed by atoms with E-state index in [2.05, 4.69) is 30.7 Å². The highest BCUT2D eigenvalue weighted by Gasteiger charge is 2.11. The molecule has 0 saturated carbocycles. The van der Waals surface area contributed by atoms with E-state index in [9.17, 15) is 0 Å². The van der Waals surface area contributed by atoms with E-state index < -0.39 is 0 Å². The summed E-state index contributed by atoms with van der Waals surface area (Å²) >= 11 is 7.69. The molecule has 2 nitrogen and oxygen atoms in total. The molecule has 0 aromatic carbocycles. The fraction of sp³-hybridized carbons (Fsp3) is 0.636. The van der Waals surface area contributed by atoms with Crippen molar-refractivity contribution in [3.63, 3.8) is 0 Å². The molecule has 84 valence electrons. The minimum Gasteiger partial charge on any atom is -0.226 e. The highest BCUT2D eigenvalue weighted by Crippen LogP contribution is 2.27. The van der Waals surface area contributed by atoms with Crippen molar-refractivity contribution < 1.29 is 0 Å². The lowest BCUT2D eigenvalue weighted by atomic mass is 10.2. The van der Waals surface area contributed by atoms with Gasteiger partial charge in [0.2, 0.25) is 0 Å². The lowest BCUT2D eigenvalue weighted by Gasteiger charge is -2.14. The molecule has 1 unspecified atom stereocenters. The van der Waals surface area contributed by atoms with Crippen LogP contribution in [-0.4, -0.2) is 15.2 Å². The van der Waals surface area contributed by atoms with Gasteiger partial charge in [-0.3, -0.25) is 0 Å². The van der Waals surface area contributed by atoms with Gasteiger partial charge in [0.25, 0.3) is 0 Å². The third-order valence-corrected chi connectivity index (χ3v) is 3.84. The molecular formula is C11H17ClN2S. The van der Waals surface area contributed by atoms with E-state index in [1.165, 1.54) is 0 Å². The monoisotopic (exact) mass is 244 g/mol. The van der Waals surface area contributed by atoms with Crippen molar-refractivity contribution in [2.45, 2.75) is 44.4 Å². The molecule has 15 heavy (non-hydrogen) atoms. The number of aryl methyl sites for hydroxylation is 1. The van der Waals surface area contributed by atoms with Crippen molar-refractivity contribution in [3.05, 3.63) is 17.0 Å². The average Bonchev–Trinajstić information content (AvgIpc) is 2.16. The number of thioether (sulfide) groups is 1. The van der Waals surface area contributed by atoms with Crippen LogP contribution in [0.15, 0.2) is 11.1 Å². The fourth-order valence-corrected chi connectivity index (χ4v) is 2.24. The Morgan fingerprint density at radius 2 is 2.00 bits per heavy atom. The summed E-state index contributed by atoms with van der Waals surface area (Å²) < 4.78 is 0. The van der Waals surface area contributed by atoms with Gasteiger partial charge < -0.3 is 0 Å². The molecule has 0 aliphatic carbocycles. The summed E-state index contributed by atoms with van der Waals surface area (Å²) in [6.45, 7) is 8.66. The van der Waals surface area contributed by atoms with Crippen LogP contribution >= 0.6 is 23.4 Å². The third-order valence-electron chi connectivity index (χ3n) is 2.28. The van der Waals surface area contributed by atoms with Crippen LogP contribution in [0.3, 0.4) is 0 Å². The van der Waals surface area contributed by atoms with Crippen molar-refractivity contribution in [2.24, 2.45) is 5.92 Å². The first kappa shape index (κ1) is 12.8. The maximum absolute atomic E-state index is 5.93. The Morgan fingerprint density at radius 1 is 1.33 bits per heavy atom. The van der Waals surface area contributed by atoms with Crippen LogP contribution in [0.4, 0.5) is 0 Å². The second-order valence-electron chi connectivity index (χ2n) is 3.87. The Morgan fingerprint density at radius 3 is 2.53 bits per heavy atom. The molecule has 0 aliphatic heterocycles. The van der Waals surface area contributed by atoms with Gasteiger partial charge in [-0.25, -0.2) is 9.97 Å². The van der Waals surface area contributed by atoms with Gasteiger partial charge in [0, 0.05) is 17.7 Å². The van der Waals surface area contributed by atoms with Crippen molar-refractivity contribution in [2.75, 3.05) is 0 Å². The van der Waals surface area contributed by atoms with Gasteiger partial charge in [-0.2, -0.15) is 0 Å². The zero-order chi connectivity index (χ0) is 11.4. The highest BCUT2D eigenvalue weighted by atomic mass is 35.5. The molecule has 1 aromatic rings. The molecule has 0 N–H and O–H groups in total. The van der Waals surface area contributed by atoms with Gasteiger partial charge >= 0.3 is 0 Å². The largest absolute Gasteiger partial charge is 0.226 e. The topological polar surface area (TPSA) is 25.8 Å². The number of halogens is 1. The van der Waals surface area contributed by atoms with Gasteiger partial charge in [-0.15, -0.1) is 11.8 Å². The van der Waals surface area contributed by atoms with Crippen molar-refractivity contribution >= 4 is 23.4 Å². The molecule has 1 aromatic heterocycles. The number of hydrogen-bond donors (Lipinski definition) is 0. The maximum atomic E-state index is 5.93. The quantitative estimate of drug-likeness (QED) is 0.595. The summed E-state index contributed by atoms with van der Waals surface area (Å²) in [5.74, 6) is 1.45. The Hall–Kier alpha value is -0.280. The molecule has 0 spiro atoms. The van der Waals surface area contributed by atoms with Crippen LogP contribution in [0.1, 0.15) is 33.5 Å². The number of hydrogen-bond acceptors (Lipinski definition) is 3. The Labute approximate surface area is 101 Å². The molecule has 4 heteroatoms. The predicted octanol–water partition coefficient (Wildman–Crippen LogP) is 3.83. The first-order chi connectivity index (χ1) is 7.02. The van der Waals surface area contributed by atoms with E-state index in [0.29, 0.717) is 16.3 Å². The van der Waals surface area contributed by atoms with Crippen LogP contribution in [0.5, 0.6) is 0 Å². The Bertz CT molecular complexity index is 328. The lowest BCUT2D eigenvalue weighted by Crippen LogP contribution is -2.06.